The number of nitrogens with zero attached hydrogens (tertiary/aromatic N) is 1. The summed E-state index contributed by atoms with van der Waals surface area (Å²) in [6.07, 6.45) is 3.59. The second-order valence-corrected chi connectivity index (χ2v) is 5.60. The zero-order chi connectivity index (χ0) is 16.9. The zero-order valence-electron chi connectivity index (χ0n) is 13.5. The van der Waals surface area contributed by atoms with Gasteiger partial charge in [-0.2, -0.15) is 0 Å². The summed E-state index contributed by atoms with van der Waals surface area (Å²) in [4.78, 5) is 24.2. The standard InChI is InChI=1S/C17H20N2O5/c1-22-17(21)14-7-6-13(15-5-3-9-24-15)19(14)11-16(20)18-10-12-4-2-8-23-12/h3,5-7,9,12H,2,4,8,10-11H2,1H3,(H,18,20). The van der Waals surface area contributed by atoms with Gasteiger partial charge in [-0.3, -0.25) is 4.79 Å². The molecule has 1 unspecified atom stereocenters. The number of ether oxygens (including phenoxy) is 2. The molecule has 128 valence electrons. The third kappa shape index (κ3) is 3.51. The Balaban J connectivity index is 1.75. The minimum atomic E-state index is -0.500. The van der Waals surface area contributed by atoms with Crippen molar-refractivity contribution in [3.05, 3.63) is 36.2 Å². The second kappa shape index (κ2) is 7.35. The van der Waals surface area contributed by atoms with E-state index >= 15 is 0 Å². The fourth-order valence-electron chi connectivity index (χ4n) is 2.79. The summed E-state index contributed by atoms with van der Waals surface area (Å²) in [6.45, 7) is 1.22. The third-order valence-electron chi connectivity index (χ3n) is 4.00. The molecule has 1 aliphatic heterocycles. The summed E-state index contributed by atoms with van der Waals surface area (Å²) >= 11 is 0. The van der Waals surface area contributed by atoms with Gasteiger partial charge in [0.15, 0.2) is 0 Å². The van der Waals surface area contributed by atoms with Gasteiger partial charge in [0.25, 0.3) is 0 Å². The Morgan fingerprint density at radius 2 is 2.25 bits per heavy atom. The van der Waals surface area contributed by atoms with Crippen molar-refractivity contribution < 1.29 is 23.5 Å². The molecule has 1 fully saturated rings. The maximum atomic E-state index is 12.3. The van der Waals surface area contributed by atoms with Crippen molar-refractivity contribution in [1.82, 2.24) is 9.88 Å². The van der Waals surface area contributed by atoms with Gasteiger partial charge in [-0.25, -0.2) is 4.79 Å². The minimum Gasteiger partial charge on any atom is -0.464 e. The Hall–Kier alpha value is -2.54. The van der Waals surface area contributed by atoms with Crippen molar-refractivity contribution in [3.8, 4) is 11.5 Å². The fourth-order valence-corrected chi connectivity index (χ4v) is 2.79. The van der Waals surface area contributed by atoms with Crippen LogP contribution in [-0.2, 0) is 20.8 Å². The number of esters is 1. The number of carbonyl (C=O) groups excluding carboxylic acids is 2. The molecule has 2 aromatic rings. The number of hydrogen-bond acceptors (Lipinski definition) is 5. The Bertz CT molecular complexity index is 699. The lowest BCUT2D eigenvalue weighted by Gasteiger charge is -2.14. The molecule has 1 N–H and O–H groups in total. The van der Waals surface area contributed by atoms with Crippen molar-refractivity contribution in [1.29, 1.82) is 0 Å². The molecule has 3 rings (SSSR count). The van der Waals surface area contributed by atoms with Crippen molar-refractivity contribution in [2.45, 2.75) is 25.5 Å². The van der Waals surface area contributed by atoms with Crippen LogP contribution in [0.3, 0.4) is 0 Å². The lowest BCUT2D eigenvalue weighted by molar-refractivity contribution is -0.122. The van der Waals surface area contributed by atoms with E-state index in [2.05, 4.69) is 5.32 Å². The molecule has 7 nitrogen and oxygen atoms in total. The number of carbonyl (C=O) groups is 2. The number of furan rings is 1. The number of rotatable bonds is 6. The molecule has 1 amide bonds. The average Bonchev–Trinajstić information content (AvgIpc) is 3.32. The first-order valence-corrected chi connectivity index (χ1v) is 7.89. The normalized spacial score (nSPS) is 17.0. The molecule has 1 saturated heterocycles. The summed E-state index contributed by atoms with van der Waals surface area (Å²) in [5.41, 5.74) is 0.948. The first kappa shape index (κ1) is 16.3. The highest BCUT2D eigenvalue weighted by molar-refractivity contribution is 5.90. The molecule has 0 aromatic carbocycles. The minimum absolute atomic E-state index is 0.000185. The van der Waals surface area contributed by atoms with Gasteiger partial charge in [0, 0.05) is 13.2 Å². The van der Waals surface area contributed by atoms with Crippen molar-refractivity contribution >= 4 is 11.9 Å². The number of hydrogen-bond donors (Lipinski definition) is 1. The fraction of sp³-hybridized carbons (Fsp3) is 0.412. The number of amides is 1. The molecule has 1 aliphatic rings. The molecule has 0 bridgehead atoms. The summed E-state index contributed by atoms with van der Waals surface area (Å²) in [7, 11) is 1.31. The molecule has 1 atom stereocenters. The van der Waals surface area contributed by atoms with E-state index in [0.29, 0.717) is 23.7 Å². The number of aromatic nitrogens is 1. The Morgan fingerprint density at radius 1 is 1.38 bits per heavy atom. The highest BCUT2D eigenvalue weighted by Gasteiger charge is 2.21. The number of nitrogens with one attached hydrogen (secondary N) is 1. The maximum absolute atomic E-state index is 12.3. The molecule has 0 spiro atoms. The largest absolute Gasteiger partial charge is 0.464 e. The summed E-state index contributed by atoms with van der Waals surface area (Å²) in [6, 6.07) is 6.88. The van der Waals surface area contributed by atoms with E-state index in [1.165, 1.54) is 7.11 Å². The highest BCUT2D eigenvalue weighted by Crippen LogP contribution is 2.23. The zero-order valence-corrected chi connectivity index (χ0v) is 13.5. The van der Waals surface area contributed by atoms with Gasteiger partial charge in [0.05, 0.1) is 25.2 Å². The Labute approximate surface area is 139 Å². The van der Waals surface area contributed by atoms with Crippen LogP contribution in [0.15, 0.2) is 34.9 Å². The van der Waals surface area contributed by atoms with Gasteiger partial charge in [-0.1, -0.05) is 0 Å². The molecular weight excluding hydrogens is 312 g/mol. The van der Waals surface area contributed by atoms with Crippen LogP contribution in [0.25, 0.3) is 11.5 Å². The monoisotopic (exact) mass is 332 g/mol. The molecule has 0 saturated carbocycles. The van der Waals surface area contributed by atoms with Gasteiger partial charge in [0.1, 0.15) is 18.0 Å². The predicted octanol–water partition coefficient (Wildman–Crippen LogP) is 1.83. The van der Waals surface area contributed by atoms with Crippen LogP contribution in [0.5, 0.6) is 0 Å². The molecule has 0 radical (unpaired) electrons. The van der Waals surface area contributed by atoms with Gasteiger partial charge in [-0.05, 0) is 37.1 Å². The first-order chi connectivity index (χ1) is 11.7. The molecule has 0 aliphatic carbocycles. The lowest BCUT2D eigenvalue weighted by atomic mass is 10.2. The lowest BCUT2D eigenvalue weighted by Crippen LogP contribution is -2.34. The summed E-state index contributed by atoms with van der Waals surface area (Å²) in [5.74, 6) is -0.114. The Kier molecular flexibility index (Phi) is 5.00. The molecule has 2 aromatic heterocycles. The van der Waals surface area contributed by atoms with Gasteiger partial charge in [0.2, 0.25) is 5.91 Å². The van der Waals surface area contributed by atoms with E-state index in [1.807, 2.05) is 0 Å². The van der Waals surface area contributed by atoms with Crippen LogP contribution in [-0.4, -0.2) is 42.8 Å². The van der Waals surface area contributed by atoms with Crippen molar-refractivity contribution in [2.75, 3.05) is 20.3 Å². The van der Waals surface area contributed by atoms with E-state index < -0.39 is 5.97 Å². The van der Waals surface area contributed by atoms with E-state index in [0.717, 1.165) is 19.4 Å². The predicted molar refractivity (Wildman–Crippen MR) is 85.5 cm³/mol. The van der Waals surface area contributed by atoms with Crippen molar-refractivity contribution in [3.63, 3.8) is 0 Å². The molecule has 24 heavy (non-hydrogen) atoms. The van der Waals surface area contributed by atoms with E-state index in [-0.39, 0.29) is 18.6 Å². The Morgan fingerprint density at radius 3 is 2.92 bits per heavy atom. The van der Waals surface area contributed by atoms with Crippen LogP contribution in [0.1, 0.15) is 23.3 Å². The quantitative estimate of drug-likeness (QED) is 0.816. The third-order valence-corrected chi connectivity index (χ3v) is 4.00. The van der Waals surface area contributed by atoms with Gasteiger partial charge in [-0.15, -0.1) is 0 Å². The topological polar surface area (TPSA) is 82.7 Å². The van der Waals surface area contributed by atoms with Crippen LogP contribution in [0.2, 0.25) is 0 Å². The van der Waals surface area contributed by atoms with Crippen LogP contribution in [0, 0.1) is 0 Å². The van der Waals surface area contributed by atoms with Crippen molar-refractivity contribution in [2.24, 2.45) is 0 Å². The van der Waals surface area contributed by atoms with Crippen LogP contribution in [0.4, 0.5) is 0 Å². The number of methoxy groups -OCH3 is 1. The summed E-state index contributed by atoms with van der Waals surface area (Å²) < 4.78 is 17.3. The second-order valence-electron chi connectivity index (χ2n) is 5.60. The summed E-state index contributed by atoms with van der Waals surface area (Å²) in [5, 5.41) is 2.85. The smallest absolute Gasteiger partial charge is 0.354 e. The van der Waals surface area contributed by atoms with Gasteiger partial charge < -0.3 is 23.8 Å². The van der Waals surface area contributed by atoms with Gasteiger partial charge >= 0.3 is 5.97 Å². The SMILES string of the molecule is COC(=O)c1ccc(-c2ccco2)n1CC(=O)NCC1CCCO1. The molecule has 7 heteroatoms. The molecular formula is C17H20N2O5. The average molecular weight is 332 g/mol. The maximum Gasteiger partial charge on any atom is 0.354 e. The van der Waals surface area contributed by atoms with E-state index in [1.54, 1.807) is 35.1 Å². The van der Waals surface area contributed by atoms with E-state index in [9.17, 15) is 9.59 Å². The molecule has 3 heterocycles. The van der Waals surface area contributed by atoms with Crippen LogP contribution >= 0.6 is 0 Å². The first-order valence-electron chi connectivity index (χ1n) is 7.89. The van der Waals surface area contributed by atoms with E-state index in [4.69, 9.17) is 13.9 Å². The van der Waals surface area contributed by atoms with Crippen LogP contribution < -0.4 is 5.32 Å². The highest BCUT2D eigenvalue weighted by atomic mass is 16.5.